The first-order chi connectivity index (χ1) is 7.31. The van der Waals surface area contributed by atoms with Gasteiger partial charge in [-0.05, 0) is 13.8 Å². The van der Waals surface area contributed by atoms with Crippen molar-refractivity contribution in [1.29, 1.82) is 0 Å². The topological polar surface area (TPSA) is 9.23 Å². The maximum Gasteiger partial charge on any atom is 0.399 e. The van der Waals surface area contributed by atoms with Crippen LogP contribution < -0.4 is 0 Å². The lowest BCUT2D eigenvalue weighted by molar-refractivity contribution is -0.316. The van der Waals surface area contributed by atoms with Crippen LogP contribution in [0, 0.1) is 10.8 Å². The Labute approximate surface area is 97.6 Å². The van der Waals surface area contributed by atoms with Crippen LogP contribution in [0.1, 0.15) is 27.7 Å². The van der Waals surface area contributed by atoms with Crippen molar-refractivity contribution in [2.24, 2.45) is 10.8 Å². The zero-order valence-corrected chi connectivity index (χ0v) is 10.3. The van der Waals surface area contributed by atoms with Gasteiger partial charge in [0.25, 0.3) is 5.92 Å². The number of hydrogen-bond acceptors (Lipinski definition) is 1. The quantitative estimate of drug-likeness (QED) is 0.526. The van der Waals surface area contributed by atoms with E-state index in [1.165, 1.54) is 0 Å². The molecule has 0 N–H and O–H groups in total. The van der Waals surface area contributed by atoms with Gasteiger partial charge in [-0.25, -0.2) is 8.78 Å². The fourth-order valence-corrected chi connectivity index (χ4v) is 1.38. The van der Waals surface area contributed by atoms with Crippen LogP contribution in [-0.4, -0.2) is 18.7 Å². The lowest BCUT2D eigenvalue weighted by Crippen LogP contribution is -2.56. The highest BCUT2D eigenvalue weighted by molar-refractivity contribution is 5.00. The van der Waals surface area contributed by atoms with Crippen LogP contribution in [0.25, 0.3) is 0 Å². The highest BCUT2D eigenvalue weighted by Crippen LogP contribution is 2.56. The summed E-state index contributed by atoms with van der Waals surface area (Å²) in [6.45, 7) is 5.67. The van der Waals surface area contributed by atoms with Crippen LogP contribution in [0.2, 0.25) is 0 Å². The van der Waals surface area contributed by atoms with Crippen LogP contribution in [0.4, 0.5) is 22.0 Å². The second-order valence-electron chi connectivity index (χ2n) is 5.06. The van der Waals surface area contributed by atoms with Crippen LogP contribution >= 0.6 is 0 Å². The van der Waals surface area contributed by atoms with Crippen molar-refractivity contribution in [3.8, 4) is 0 Å². The predicted molar refractivity (Wildman–Crippen MR) is 54.7 cm³/mol. The molecule has 0 aliphatic rings. The summed E-state index contributed by atoms with van der Waals surface area (Å²) in [6, 6.07) is 0. The summed E-state index contributed by atoms with van der Waals surface area (Å²) >= 11 is 0. The summed E-state index contributed by atoms with van der Waals surface area (Å²) in [4.78, 5) is 0. The van der Waals surface area contributed by atoms with Gasteiger partial charge in [0.15, 0.2) is 0 Å². The van der Waals surface area contributed by atoms with Crippen LogP contribution in [-0.2, 0) is 4.74 Å². The fraction of sp³-hybridized carbons (Fsp3) is 0.818. The highest BCUT2D eigenvalue weighted by Gasteiger charge is 2.68. The Morgan fingerprint density at radius 2 is 1.41 bits per heavy atom. The molecule has 0 rings (SSSR count). The molecule has 0 unspecified atom stereocenters. The Bertz CT molecular complexity index is 278. The minimum atomic E-state index is -5.00. The summed E-state index contributed by atoms with van der Waals surface area (Å²) in [5.74, 6) is -3.97. The third-order valence-electron chi connectivity index (χ3n) is 2.91. The van der Waals surface area contributed by atoms with E-state index in [-0.39, 0.29) is 0 Å². The smallest absolute Gasteiger partial charge is 0.399 e. The average molecular weight is 260 g/mol. The van der Waals surface area contributed by atoms with Crippen molar-refractivity contribution in [1.82, 2.24) is 0 Å². The molecule has 1 nitrogen and oxygen atoms in total. The van der Waals surface area contributed by atoms with Gasteiger partial charge in [-0.2, -0.15) is 13.2 Å². The molecule has 102 valence electrons. The molecule has 0 atom stereocenters. The lowest BCUT2D eigenvalue weighted by Gasteiger charge is -2.44. The van der Waals surface area contributed by atoms with Gasteiger partial charge in [0.2, 0.25) is 0 Å². The number of ether oxygens (including phenoxy) is 1. The van der Waals surface area contributed by atoms with E-state index in [0.717, 1.165) is 20.1 Å². The first-order valence-corrected chi connectivity index (χ1v) is 4.98. The number of hydrogen-bond donors (Lipinski definition) is 0. The van der Waals surface area contributed by atoms with Gasteiger partial charge in [-0.3, -0.25) is 0 Å². The zero-order chi connectivity index (χ0) is 14.1. The molecule has 0 amide bonds. The molecule has 0 aliphatic carbocycles. The standard InChI is InChI=1S/C11H17F5O/c1-6-17-7-8(2,3)10(12,13)9(4,5)11(14,15)16/h6H,1,7H2,2-5H3. The van der Waals surface area contributed by atoms with Gasteiger partial charge in [0.1, 0.15) is 5.41 Å². The first-order valence-electron chi connectivity index (χ1n) is 4.98. The summed E-state index contributed by atoms with van der Waals surface area (Å²) in [5.41, 5.74) is -5.09. The maximum atomic E-state index is 14.0. The van der Waals surface area contributed by atoms with E-state index in [0.29, 0.717) is 13.8 Å². The van der Waals surface area contributed by atoms with E-state index in [1.54, 1.807) is 0 Å². The van der Waals surface area contributed by atoms with Crippen molar-refractivity contribution in [3.63, 3.8) is 0 Å². The summed E-state index contributed by atoms with van der Waals surface area (Å²) < 4.78 is 70.5. The SMILES string of the molecule is C=COCC(C)(C)C(F)(F)C(C)(C)C(F)(F)F. The molecule has 0 saturated heterocycles. The Morgan fingerprint density at radius 1 is 1.00 bits per heavy atom. The average Bonchev–Trinajstić information content (AvgIpc) is 2.12. The third-order valence-corrected chi connectivity index (χ3v) is 2.91. The summed E-state index contributed by atoms with van der Waals surface area (Å²) in [7, 11) is 0. The summed E-state index contributed by atoms with van der Waals surface area (Å²) in [6.07, 6.45) is -4.07. The predicted octanol–water partition coefficient (Wildman–Crippen LogP) is 4.40. The molecule has 17 heavy (non-hydrogen) atoms. The molecule has 0 aromatic carbocycles. The van der Waals surface area contributed by atoms with Crippen LogP contribution in [0.15, 0.2) is 12.8 Å². The monoisotopic (exact) mass is 260 g/mol. The zero-order valence-electron chi connectivity index (χ0n) is 10.3. The molecule has 0 bridgehead atoms. The molecule has 0 radical (unpaired) electrons. The van der Waals surface area contributed by atoms with Crippen molar-refractivity contribution >= 4 is 0 Å². The van der Waals surface area contributed by atoms with Gasteiger partial charge < -0.3 is 4.74 Å². The molecule has 0 fully saturated rings. The van der Waals surface area contributed by atoms with E-state index in [4.69, 9.17) is 0 Å². The largest absolute Gasteiger partial charge is 0.501 e. The highest BCUT2D eigenvalue weighted by atomic mass is 19.4. The van der Waals surface area contributed by atoms with Gasteiger partial charge in [0.05, 0.1) is 18.3 Å². The Kier molecular flexibility index (Phi) is 4.25. The Hall–Kier alpha value is -0.810. The van der Waals surface area contributed by atoms with Crippen molar-refractivity contribution < 1.29 is 26.7 Å². The third kappa shape index (κ3) is 2.72. The number of alkyl halides is 5. The van der Waals surface area contributed by atoms with E-state index in [2.05, 4.69) is 11.3 Å². The fourth-order valence-electron chi connectivity index (χ4n) is 1.38. The molecule has 0 aliphatic heterocycles. The normalized spacial score (nSPS) is 14.6. The van der Waals surface area contributed by atoms with Gasteiger partial charge >= 0.3 is 6.18 Å². The minimum Gasteiger partial charge on any atom is -0.501 e. The maximum absolute atomic E-state index is 14.0. The molecule has 6 heteroatoms. The molecular weight excluding hydrogens is 243 g/mol. The summed E-state index contributed by atoms with van der Waals surface area (Å²) in [5, 5.41) is 0. The van der Waals surface area contributed by atoms with E-state index < -0.39 is 29.5 Å². The van der Waals surface area contributed by atoms with Gasteiger partial charge in [-0.15, -0.1) is 0 Å². The van der Waals surface area contributed by atoms with Crippen molar-refractivity contribution in [2.75, 3.05) is 6.61 Å². The number of halogens is 5. The Morgan fingerprint density at radius 3 is 1.71 bits per heavy atom. The molecule has 0 heterocycles. The molecule has 0 saturated carbocycles. The second-order valence-corrected chi connectivity index (χ2v) is 5.06. The minimum absolute atomic E-state index is 0.489. The molecular formula is C11H17F5O. The second kappa shape index (κ2) is 4.46. The lowest BCUT2D eigenvalue weighted by atomic mass is 9.70. The van der Waals surface area contributed by atoms with Crippen molar-refractivity contribution in [2.45, 2.75) is 39.8 Å². The van der Waals surface area contributed by atoms with E-state index in [1.807, 2.05) is 0 Å². The van der Waals surface area contributed by atoms with Crippen molar-refractivity contribution in [3.05, 3.63) is 12.8 Å². The van der Waals surface area contributed by atoms with Crippen LogP contribution in [0.3, 0.4) is 0 Å². The molecule has 0 spiro atoms. The van der Waals surface area contributed by atoms with Gasteiger partial charge in [0, 0.05) is 0 Å². The van der Waals surface area contributed by atoms with E-state index >= 15 is 0 Å². The number of rotatable bonds is 5. The van der Waals surface area contributed by atoms with E-state index in [9.17, 15) is 22.0 Å². The Balaban J connectivity index is 5.31. The first kappa shape index (κ1) is 16.2. The molecule has 0 aromatic rings. The van der Waals surface area contributed by atoms with Crippen LogP contribution in [0.5, 0.6) is 0 Å². The van der Waals surface area contributed by atoms with Gasteiger partial charge in [-0.1, -0.05) is 20.4 Å². The molecule has 0 aromatic heterocycles.